The number of halogens is 1. The highest BCUT2D eigenvalue weighted by atomic mass is 35.5. The monoisotopic (exact) mass is 437 g/mol. The number of thiophene rings is 1. The Bertz CT molecular complexity index is 1050. The first-order valence-electron chi connectivity index (χ1n) is 8.99. The highest BCUT2D eigenvalue weighted by Crippen LogP contribution is 2.30. The van der Waals surface area contributed by atoms with Crippen molar-refractivity contribution in [1.82, 2.24) is 15.0 Å². The molecule has 28 heavy (non-hydrogen) atoms. The van der Waals surface area contributed by atoms with E-state index in [1.807, 2.05) is 6.07 Å². The van der Waals surface area contributed by atoms with Gasteiger partial charge in [0.15, 0.2) is 9.84 Å². The summed E-state index contributed by atoms with van der Waals surface area (Å²) >= 11 is 7.63. The zero-order chi connectivity index (χ0) is 19.7. The first-order valence-corrected chi connectivity index (χ1v) is 12.1. The third-order valence-corrected chi connectivity index (χ3v) is 7.27. The summed E-state index contributed by atoms with van der Waals surface area (Å²) in [5.74, 6) is 1.39. The predicted octanol–water partition coefficient (Wildman–Crippen LogP) is 4.23. The van der Waals surface area contributed by atoms with Gasteiger partial charge < -0.3 is 4.52 Å². The van der Waals surface area contributed by atoms with Gasteiger partial charge in [-0.2, -0.15) is 4.98 Å². The molecule has 0 radical (unpaired) electrons. The molecule has 148 valence electrons. The van der Waals surface area contributed by atoms with Crippen molar-refractivity contribution in [3.63, 3.8) is 0 Å². The Hall–Kier alpha value is -1.74. The summed E-state index contributed by atoms with van der Waals surface area (Å²) in [4.78, 5) is 8.52. The summed E-state index contributed by atoms with van der Waals surface area (Å²) in [6.07, 6.45) is 3.12. The van der Waals surface area contributed by atoms with Gasteiger partial charge in [-0.05, 0) is 62.3 Å². The van der Waals surface area contributed by atoms with Gasteiger partial charge in [0.2, 0.25) is 11.7 Å². The average Bonchev–Trinajstić information content (AvgIpc) is 3.31. The fraction of sp³-hybridized carbons (Fsp3) is 0.368. The predicted molar refractivity (Wildman–Crippen MR) is 109 cm³/mol. The van der Waals surface area contributed by atoms with Crippen LogP contribution in [-0.2, 0) is 16.4 Å². The van der Waals surface area contributed by atoms with Gasteiger partial charge in [-0.3, -0.25) is 4.90 Å². The standard InChI is InChI=1S/C19H20ClN3O3S2/c1-28(24,25)16-5-2-13(3-6-16)18-21-19(26-22-18)14-8-10-23(11-9-14)12-15-4-7-17(20)27-15/h2-7,14H,8-12H2,1H3. The highest BCUT2D eigenvalue weighted by molar-refractivity contribution is 7.90. The Morgan fingerprint density at radius 3 is 2.50 bits per heavy atom. The molecule has 1 aliphatic rings. The van der Waals surface area contributed by atoms with E-state index < -0.39 is 9.84 Å². The van der Waals surface area contributed by atoms with Crippen LogP contribution >= 0.6 is 22.9 Å². The molecule has 0 aliphatic carbocycles. The minimum Gasteiger partial charge on any atom is -0.339 e. The molecule has 2 aromatic heterocycles. The van der Waals surface area contributed by atoms with Crippen LogP contribution in [0.5, 0.6) is 0 Å². The quantitative estimate of drug-likeness (QED) is 0.594. The lowest BCUT2D eigenvalue weighted by Gasteiger charge is -2.29. The van der Waals surface area contributed by atoms with Crippen molar-refractivity contribution < 1.29 is 12.9 Å². The normalized spacial score (nSPS) is 16.5. The number of sulfone groups is 1. The van der Waals surface area contributed by atoms with Crippen LogP contribution in [0.25, 0.3) is 11.4 Å². The van der Waals surface area contributed by atoms with Gasteiger partial charge in [-0.1, -0.05) is 16.8 Å². The second-order valence-electron chi connectivity index (χ2n) is 7.01. The van der Waals surface area contributed by atoms with Crippen LogP contribution < -0.4 is 0 Å². The number of rotatable bonds is 5. The Kier molecular flexibility index (Phi) is 5.55. The highest BCUT2D eigenvalue weighted by Gasteiger charge is 2.25. The second kappa shape index (κ2) is 7.94. The molecule has 3 aromatic rings. The van der Waals surface area contributed by atoms with Crippen LogP contribution in [-0.4, -0.2) is 42.8 Å². The number of hydrogen-bond donors (Lipinski definition) is 0. The van der Waals surface area contributed by atoms with Crippen molar-refractivity contribution in [1.29, 1.82) is 0 Å². The van der Waals surface area contributed by atoms with Gasteiger partial charge in [0, 0.05) is 29.2 Å². The molecule has 0 spiro atoms. The van der Waals surface area contributed by atoms with Crippen molar-refractivity contribution in [2.75, 3.05) is 19.3 Å². The zero-order valence-corrected chi connectivity index (χ0v) is 17.7. The van der Waals surface area contributed by atoms with Gasteiger partial charge in [-0.15, -0.1) is 11.3 Å². The fourth-order valence-corrected chi connectivity index (χ4v) is 5.13. The van der Waals surface area contributed by atoms with E-state index in [0.29, 0.717) is 11.7 Å². The number of hydrogen-bond acceptors (Lipinski definition) is 7. The molecule has 1 saturated heterocycles. The molecule has 0 unspecified atom stereocenters. The van der Waals surface area contributed by atoms with E-state index >= 15 is 0 Å². The van der Waals surface area contributed by atoms with E-state index in [4.69, 9.17) is 16.1 Å². The molecule has 1 aromatic carbocycles. The van der Waals surface area contributed by atoms with Gasteiger partial charge in [0.1, 0.15) is 0 Å². The number of nitrogens with zero attached hydrogens (tertiary/aromatic N) is 3. The summed E-state index contributed by atoms with van der Waals surface area (Å²) in [5.41, 5.74) is 0.745. The van der Waals surface area contributed by atoms with Crippen LogP contribution in [0.15, 0.2) is 45.8 Å². The van der Waals surface area contributed by atoms with Crippen molar-refractivity contribution in [3.8, 4) is 11.4 Å². The first kappa shape index (κ1) is 19.6. The minimum atomic E-state index is -3.22. The molecule has 1 fully saturated rings. The van der Waals surface area contributed by atoms with Gasteiger partial charge in [-0.25, -0.2) is 8.42 Å². The molecule has 0 atom stereocenters. The number of piperidine rings is 1. The van der Waals surface area contributed by atoms with E-state index in [1.54, 1.807) is 35.6 Å². The summed E-state index contributed by atoms with van der Waals surface area (Å²) in [6, 6.07) is 10.6. The third-order valence-electron chi connectivity index (χ3n) is 4.93. The zero-order valence-electron chi connectivity index (χ0n) is 15.3. The van der Waals surface area contributed by atoms with E-state index in [-0.39, 0.29) is 10.8 Å². The maximum Gasteiger partial charge on any atom is 0.230 e. The van der Waals surface area contributed by atoms with Crippen LogP contribution in [0.1, 0.15) is 29.5 Å². The number of benzene rings is 1. The molecular formula is C19H20ClN3O3S2. The Balaban J connectivity index is 1.38. The lowest BCUT2D eigenvalue weighted by Crippen LogP contribution is -2.32. The van der Waals surface area contributed by atoms with E-state index in [1.165, 1.54) is 11.1 Å². The Morgan fingerprint density at radius 2 is 1.89 bits per heavy atom. The average molecular weight is 438 g/mol. The topological polar surface area (TPSA) is 76.3 Å². The van der Waals surface area contributed by atoms with Gasteiger partial charge in [0.05, 0.1) is 9.23 Å². The van der Waals surface area contributed by atoms with Crippen molar-refractivity contribution in [2.45, 2.75) is 30.2 Å². The van der Waals surface area contributed by atoms with E-state index in [2.05, 4.69) is 21.1 Å². The Labute approximate surface area is 173 Å². The summed E-state index contributed by atoms with van der Waals surface area (Å²) in [5, 5.41) is 4.08. The molecule has 3 heterocycles. The third kappa shape index (κ3) is 4.46. The molecule has 0 bridgehead atoms. The second-order valence-corrected chi connectivity index (χ2v) is 10.8. The van der Waals surface area contributed by atoms with Crippen molar-refractivity contribution in [3.05, 3.63) is 51.5 Å². The largest absolute Gasteiger partial charge is 0.339 e. The lowest BCUT2D eigenvalue weighted by molar-refractivity contribution is 0.189. The van der Waals surface area contributed by atoms with Crippen molar-refractivity contribution in [2.24, 2.45) is 0 Å². The molecule has 1 aliphatic heterocycles. The molecule has 6 nitrogen and oxygen atoms in total. The lowest BCUT2D eigenvalue weighted by atomic mass is 9.97. The maximum absolute atomic E-state index is 11.6. The molecule has 0 saturated carbocycles. The number of aromatic nitrogens is 2. The van der Waals surface area contributed by atoms with Crippen LogP contribution in [0.2, 0.25) is 4.34 Å². The fourth-order valence-electron chi connectivity index (χ4n) is 3.36. The van der Waals surface area contributed by atoms with Crippen LogP contribution in [0.4, 0.5) is 0 Å². The Morgan fingerprint density at radius 1 is 1.18 bits per heavy atom. The smallest absolute Gasteiger partial charge is 0.230 e. The summed E-state index contributed by atoms with van der Waals surface area (Å²) in [7, 11) is -3.22. The summed E-state index contributed by atoms with van der Waals surface area (Å²) < 4.78 is 29.5. The van der Waals surface area contributed by atoms with Gasteiger partial charge >= 0.3 is 0 Å². The van der Waals surface area contributed by atoms with Crippen LogP contribution in [0.3, 0.4) is 0 Å². The minimum absolute atomic E-state index is 0.250. The van der Waals surface area contributed by atoms with Crippen LogP contribution in [0, 0.1) is 0 Å². The molecular weight excluding hydrogens is 418 g/mol. The maximum atomic E-state index is 11.6. The van der Waals surface area contributed by atoms with Crippen molar-refractivity contribution >= 4 is 32.8 Å². The molecule has 9 heteroatoms. The summed E-state index contributed by atoms with van der Waals surface area (Å²) in [6.45, 7) is 2.87. The SMILES string of the molecule is CS(=O)(=O)c1ccc(-c2noc(C3CCN(Cc4ccc(Cl)s4)CC3)n2)cc1. The number of likely N-dealkylation sites (tertiary alicyclic amines) is 1. The molecule has 0 amide bonds. The molecule has 4 rings (SSSR count). The van der Waals surface area contributed by atoms with E-state index in [0.717, 1.165) is 42.4 Å². The van der Waals surface area contributed by atoms with E-state index in [9.17, 15) is 8.42 Å². The first-order chi connectivity index (χ1) is 13.4. The molecule has 0 N–H and O–H groups in total. The van der Waals surface area contributed by atoms with Gasteiger partial charge in [0.25, 0.3) is 0 Å².